The molecule has 0 atom stereocenters. The molecule has 0 spiro atoms. The topological polar surface area (TPSA) is 98.0 Å². The predicted molar refractivity (Wildman–Crippen MR) is 144 cm³/mol. The Balaban J connectivity index is 1.19. The Hall–Kier alpha value is -3.61. The maximum atomic E-state index is 14.0. The zero-order valence-electron chi connectivity index (χ0n) is 22.6. The van der Waals surface area contributed by atoms with E-state index >= 15 is 0 Å². The van der Waals surface area contributed by atoms with E-state index in [9.17, 15) is 27.2 Å². The summed E-state index contributed by atoms with van der Waals surface area (Å²) in [5, 5.41) is 3.13. The molecule has 41 heavy (non-hydrogen) atoms. The maximum absolute atomic E-state index is 14.0. The number of carbonyl (C=O) groups is 1. The SMILES string of the molecule is [N-]=Nc1cc(CN2CCC(C(=O)N3CCC(n4c(=O)n(CCCC(F)(F)F)c5cc(F)ccc54)CC3)CC2)ccn1. The molecule has 2 aliphatic rings. The molecule has 2 saturated heterocycles. The first kappa shape index (κ1) is 28.9. The Morgan fingerprint density at radius 3 is 2.44 bits per heavy atom. The highest BCUT2D eigenvalue weighted by molar-refractivity contribution is 5.79. The van der Waals surface area contributed by atoms with Crippen LogP contribution in [0.15, 0.2) is 46.4 Å². The number of nitrogens with zero attached hydrogens (tertiary/aromatic N) is 7. The number of piperidine rings is 2. The number of likely N-dealkylation sites (tertiary alicyclic amines) is 2. The molecule has 1 amide bonds. The highest BCUT2D eigenvalue weighted by Crippen LogP contribution is 2.30. The van der Waals surface area contributed by atoms with Crippen molar-refractivity contribution in [1.29, 1.82) is 0 Å². The van der Waals surface area contributed by atoms with Gasteiger partial charge in [-0.15, -0.1) is 0 Å². The van der Waals surface area contributed by atoms with Crippen molar-refractivity contribution >= 4 is 22.8 Å². The fourth-order valence-corrected chi connectivity index (χ4v) is 6.07. The number of pyridine rings is 1. The molecule has 0 radical (unpaired) electrons. The number of fused-ring (bicyclic) bond motifs is 1. The Kier molecular flexibility index (Phi) is 8.52. The van der Waals surface area contributed by atoms with Gasteiger partial charge in [-0.05, 0) is 81.1 Å². The summed E-state index contributed by atoms with van der Waals surface area (Å²) in [4.78, 5) is 34.7. The maximum Gasteiger partial charge on any atom is 0.389 e. The number of amides is 1. The van der Waals surface area contributed by atoms with E-state index < -0.39 is 24.1 Å². The van der Waals surface area contributed by atoms with Gasteiger partial charge >= 0.3 is 11.9 Å². The molecule has 9 nitrogen and oxygen atoms in total. The van der Waals surface area contributed by atoms with Gasteiger partial charge in [-0.2, -0.15) is 13.2 Å². The molecule has 1 aromatic carbocycles. The third-order valence-electron chi connectivity index (χ3n) is 8.16. The third-order valence-corrected chi connectivity index (χ3v) is 8.16. The number of carbonyl (C=O) groups excluding carboxylic acids is 1. The van der Waals surface area contributed by atoms with Crippen molar-refractivity contribution < 1.29 is 22.4 Å². The van der Waals surface area contributed by atoms with Gasteiger partial charge in [-0.1, -0.05) is 0 Å². The number of aryl methyl sites for hydroxylation is 1. The van der Waals surface area contributed by atoms with Crippen LogP contribution in [0.4, 0.5) is 23.4 Å². The minimum Gasteiger partial charge on any atom is -0.705 e. The van der Waals surface area contributed by atoms with Crippen molar-refractivity contribution in [3.8, 4) is 0 Å². The van der Waals surface area contributed by atoms with Gasteiger partial charge < -0.3 is 15.5 Å². The standard InChI is InChI=1S/C28H32F4N7O2/c29-21-2-3-23-24(17-21)38(11-1-9-28(30,31)32)27(41)39(23)22-7-14-37(15-8-22)26(40)20-5-12-36(13-6-20)18-19-4-10-34-25(16-19)35-33/h2-4,10,16-17,20,22H,1,5-9,11-15,18H2/q-1. The minimum absolute atomic E-state index is 0.0792. The normalized spacial score (nSPS) is 17.8. The molecule has 13 heteroatoms. The summed E-state index contributed by atoms with van der Waals surface area (Å²) in [6.45, 7) is 3.01. The number of hydrogen-bond acceptors (Lipinski definition) is 5. The van der Waals surface area contributed by atoms with E-state index in [1.807, 2.05) is 11.0 Å². The highest BCUT2D eigenvalue weighted by atomic mass is 19.4. The lowest BCUT2D eigenvalue weighted by Crippen LogP contribution is -2.46. The zero-order chi connectivity index (χ0) is 29.1. The molecular formula is C28H32F4N7O2-. The number of alkyl halides is 3. The van der Waals surface area contributed by atoms with Crippen molar-refractivity contribution in [3.63, 3.8) is 0 Å². The summed E-state index contributed by atoms with van der Waals surface area (Å²) in [7, 11) is 0. The number of imidazole rings is 1. The second kappa shape index (κ2) is 12.1. The first-order chi connectivity index (χ1) is 19.6. The molecule has 0 aliphatic carbocycles. The van der Waals surface area contributed by atoms with Crippen molar-refractivity contribution in [2.75, 3.05) is 26.2 Å². The first-order valence-electron chi connectivity index (χ1n) is 13.9. The average molecular weight is 575 g/mol. The van der Waals surface area contributed by atoms with Crippen LogP contribution < -0.4 is 5.69 Å². The largest absolute Gasteiger partial charge is 0.705 e. The molecule has 0 saturated carbocycles. The van der Waals surface area contributed by atoms with Crippen LogP contribution in [0.2, 0.25) is 0 Å². The van der Waals surface area contributed by atoms with Gasteiger partial charge in [0.05, 0.1) is 11.0 Å². The molecule has 2 aliphatic heterocycles. The van der Waals surface area contributed by atoms with Crippen molar-refractivity contribution in [2.24, 2.45) is 11.0 Å². The summed E-state index contributed by atoms with van der Waals surface area (Å²) >= 11 is 0. The smallest absolute Gasteiger partial charge is 0.389 e. The van der Waals surface area contributed by atoms with Crippen molar-refractivity contribution in [2.45, 2.75) is 63.8 Å². The second-order valence-corrected chi connectivity index (χ2v) is 10.9. The molecule has 2 fully saturated rings. The van der Waals surface area contributed by atoms with Crippen molar-refractivity contribution in [3.05, 3.63) is 63.9 Å². The number of halogens is 4. The summed E-state index contributed by atoms with van der Waals surface area (Å²) in [6.07, 6.45) is -1.49. The molecule has 5 rings (SSSR count). The molecule has 3 aromatic rings. The highest BCUT2D eigenvalue weighted by Gasteiger charge is 2.33. The summed E-state index contributed by atoms with van der Waals surface area (Å²) in [6, 6.07) is 7.31. The van der Waals surface area contributed by atoms with Crippen molar-refractivity contribution in [1.82, 2.24) is 23.9 Å². The summed E-state index contributed by atoms with van der Waals surface area (Å²) in [5.74, 6) is -0.268. The monoisotopic (exact) mass is 574 g/mol. The Labute approximate surface area is 234 Å². The van der Waals surface area contributed by atoms with E-state index in [4.69, 9.17) is 5.53 Å². The molecule has 0 N–H and O–H groups in total. The predicted octanol–water partition coefficient (Wildman–Crippen LogP) is 5.41. The van der Waals surface area contributed by atoms with Crippen LogP contribution in [0.5, 0.6) is 0 Å². The number of rotatable bonds is 8. The lowest BCUT2D eigenvalue weighted by molar-refractivity contribution is -0.138. The first-order valence-corrected chi connectivity index (χ1v) is 13.9. The number of benzene rings is 1. The molecule has 220 valence electrons. The van der Waals surface area contributed by atoms with Gasteiger partial charge in [-0.25, -0.2) is 14.2 Å². The molecular weight excluding hydrogens is 542 g/mol. The van der Waals surface area contributed by atoms with E-state index in [-0.39, 0.29) is 42.2 Å². The Morgan fingerprint density at radius 2 is 1.76 bits per heavy atom. The molecule has 4 heterocycles. The van der Waals surface area contributed by atoms with Crippen LogP contribution >= 0.6 is 0 Å². The second-order valence-electron chi connectivity index (χ2n) is 10.9. The molecule has 0 bridgehead atoms. The average Bonchev–Trinajstić information content (AvgIpc) is 3.22. The number of hydrogen-bond donors (Lipinski definition) is 0. The van der Waals surface area contributed by atoms with E-state index in [2.05, 4.69) is 15.0 Å². The van der Waals surface area contributed by atoms with Gasteiger partial charge in [0.25, 0.3) is 0 Å². The lowest BCUT2D eigenvalue weighted by atomic mass is 9.93. The van der Waals surface area contributed by atoms with E-state index in [1.165, 1.54) is 22.8 Å². The van der Waals surface area contributed by atoms with Gasteiger partial charge in [0.15, 0.2) is 0 Å². The third kappa shape index (κ3) is 6.66. The molecule has 0 unspecified atom stereocenters. The van der Waals surface area contributed by atoms with Gasteiger partial charge in [0, 0.05) is 50.8 Å². The minimum atomic E-state index is -4.33. The number of aromatic nitrogens is 3. The zero-order valence-corrected chi connectivity index (χ0v) is 22.6. The van der Waals surface area contributed by atoms with Crippen LogP contribution in [-0.4, -0.2) is 62.2 Å². The summed E-state index contributed by atoms with van der Waals surface area (Å²) in [5.41, 5.74) is 10.3. The fourth-order valence-electron chi connectivity index (χ4n) is 6.07. The van der Waals surface area contributed by atoms with Gasteiger partial charge in [-0.3, -0.25) is 18.8 Å². The van der Waals surface area contributed by atoms with Crippen LogP contribution in [0.25, 0.3) is 16.6 Å². The quantitative estimate of drug-likeness (QED) is 0.266. The summed E-state index contributed by atoms with van der Waals surface area (Å²) < 4.78 is 54.9. The Bertz CT molecular complexity index is 1450. The molecule has 2 aromatic heterocycles. The fraction of sp³-hybridized carbons (Fsp3) is 0.536. The van der Waals surface area contributed by atoms with Gasteiger partial charge in [0.2, 0.25) is 5.91 Å². The van der Waals surface area contributed by atoms with Crippen LogP contribution in [0, 0.1) is 11.7 Å². The lowest BCUT2D eigenvalue weighted by Gasteiger charge is -2.37. The van der Waals surface area contributed by atoms with Crippen LogP contribution in [-0.2, 0) is 17.9 Å². The Morgan fingerprint density at radius 1 is 1.02 bits per heavy atom. The van der Waals surface area contributed by atoms with E-state index in [0.29, 0.717) is 38.0 Å². The van der Waals surface area contributed by atoms with E-state index in [1.54, 1.807) is 16.8 Å². The van der Waals surface area contributed by atoms with Gasteiger partial charge in [0.1, 0.15) is 11.6 Å². The van der Waals surface area contributed by atoms with Crippen LogP contribution in [0.3, 0.4) is 0 Å². The van der Waals surface area contributed by atoms with E-state index in [0.717, 1.165) is 31.5 Å². The van der Waals surface area contributed by atoms with Crippen LogP contribution in [0.1, 0.15) is 50.1 Å².